The summed E-state index contributed by atoms with van der Waals surface area (Å²) in [5.41, 5.74) is 0. The van der Waals surface area contributed by atoms with Gasteiger partial charge in [-0.2, -0.15) is 0 Å². The van der Waals surface area contributed by atoms with E-state index < -0.39 is 17.9 Å². The molecule has 0 aliphatic heterocycles. The number of carbonyl (C=O) groups excluding carboxylic acids is 2. The molecule has 0 saturated heterocycles. The number of hydrogen-bond donors (Lipinski definition) is 0. The third-order valence-electron chi connectivity index (χ3n) is 3.70. The summed E-state index contributed by atoms with van der Waals surface area (Å²) in [6, 6.07) is 0. The Morgan fingerprint density at radius 2 is 1.58 bits per heavy atom. The summed E-state index contributed by atoms with van der Waals surface area (Å²) < 4.78 is 10.0. The smallest absolute Gasteiger partial charge is 0.320 e. The van der Waals surface area contributed by atoms with Crippen LogP contribution < -0.4 is 0 Å². The first kappa shape index (κ1) is 15.7. The minimum absolute atomic E-state index is 0.0364. The second-order valence-corrected chi connectivity index (χ2v) is 4.89. The Bertz CT molecular complexity index is 298. The van der Waals surface area contributed by atoms with Gasteiger partial charge in [-0.25, -0.2) is 0 Å². The van der Waals surface area contributed by atoms with Gasteiger partial charge in [0.2, 0.25) is 0 Å². The van der Waals surface area contributed by atoms with E-state index in [1.54, 1.807) is 13.8 Å². The predicted molar refractivity (Wildman–Crippen MR) is 72.4 cm³/mol. The van der Waals surface area contributed by atoms with Crippen LogP contribution in [0.1, 0.15) is 39.5 Å². The van der Waals surface area contributed by atoms with Gasteiger partial charge in [0.15, 0.2) is 5.92 Å². The Kier molecular flexibility index (Phi) is 6.60. The van der Waals surface area contributed by atoms with Crippen LogP contribution in [0.3, 0.4) is 0 Å². The van der Waals surface area contributed by atoms with Crippen LogP contribution in [0.25, 0.3) is 0 Å². The van der Waals surface area contributed by atoms with Crippen molar-refractivity contribution < 1.29 is 19.1 Å². The molecule has 0 aromatic carbocycles. The molecule has 1 aliphatic rings. The van der Waals surface area contributed by atoms with Crippen molar-refractivity contribution in [3.63, 3.8) is 0 Å². The van der Waals surface area contributed by atoms with Crippen molar-refractivity contribution >= 4 is 11.9 Å². The van der Waals surface area contributed by atoms with E-state index in [1.165, 1.54) is 0 Å². The van der Waals surface area contributed by atoms with Crippen LogP contribution in [-0.4, -0.2) is 25.2 Å². The molecule has 1 fully saturated rings. The van der Waals surface area contributed by atoms with Crippen molar-refractivity contribution in [1.82, 2.24) is 0 Å². The molecule has 0 aromatic rings. The Hall–Kier alpha value is -1.32. The summed E-state index contributed by atoms with van der Waals surface area (Å²) in [7, 11) is 0. The van der Waals surface area contributed by atoms with Crippen LogP contribution >= 0.6 is 0 Å². The lowest BCUT2D eigenvalue weighted by Crippen LogP contribution is -2.36. The van der Waals surface area contributed by atoms with Gasteiger partial charge in [-0.3, -0.25) is 9.59 Å². The number of ether oxygens (including phenoxy) is 2. The van der Waals surface area contributed by atoms with Gasteiger partial charge in [-0.15, -0.1) is 6.58 Å². The summed E-state index contributed by atoms with van der Waals surface area (Å²) in [6.07, 6.45) is 5.60. The molecule has 0 radical (unpaired) electrons. The maximum absolute atomic E-state index is 12.0. The topological polar surface area (TPSA) is 52.6 Å². The van der Waals surface area contributed by atoms with Crippen molar-refractivity contribution in [3.05, 3.63) is 12.7 Å². The normalized spacial score (nSPS) is 22.9. The van der Waals surface area contributed by atoms with E-state index in [1.807, 2.05) is 6.08 Å². The van der Waals surface area contributed by atoms with Crippen LogP contribution in [0.15, 0.2) is 12.7 Å². The fourth-order valence-corrected chi connectivity index (χ4v) is 2.66. The minimum Gasteiger partial charge on any atom is -0.465 e. The molecule has 0 N–H and O–H groups in total. The lowest BCUT2D eigenvalue weighted by Gasteiger charge is -2.30. The first-order valence-electron chi connectivity index (χ1n) is 7.09. The molecule has 0 heterocycles. The zero-order chi connectivity index (χ0) is 14.3. The van der Waals surface area contributed by atoms with Crippen LogP contribution in [0.2, 0.25) is 0 Å². The standard InChI is InChI=1S/C15H24O4/c1-4-11-7-9-12(10-8-11)13(14(16)18-5-2)15(17)19-6-3/h4,11-13H,1,5-10H2,2-3H3. The molecule has 0 aromatic heterocycles. The molecule has 4 nitrogen and oxygen atoms in total. The molecular formula is C15H24O4. The van der Waals surface area contributed by atoms with Crippen molar-refractivity contribution in [2.24, 2.45) is 17.8 Å². The van der Waals surface area contributed by atoms with E-state index in [0.717, 1.165) is 25.7 Å². The first-order valence-corrected chi connectivity index (χ1v) is 7.09. The summed E-state index contributed by atoms with van der Waals surface area (Å²) in [5.74, 6) is -1.10. The van der Waals surface area contributed by atoms with Crippen molar-refractivity contribution in [1.29, 1.82) is 0 Å². The number of allylic oxidation sites excluding steroid dienone is 1. The fourth-order valence-electron chi connectivity index (χ4n) is 2.66. The monoisotopic (exact) mass is 268 g/mol. The molecule has 1 saturated carbocycles. The van der Waals surface area contributed by atoms with Crippen LogP contribution in [0.4, 0.5) is 0 Å². The molecular weight excluding hydrogens is 244 g/mol. The molecule has 19 heavy (non-hydrogen) atoms. The van der Waals surface area contributed by atoms with Crippen LogP contribution in [-0.2, 0) is 19.1 Å². The van der Waals surface area contributed by atoms with Gasteiger partial charge in [0.05, 0.1) is 13.2 Å². The second kappa shape index (κ2) is 7.97. The SMILES string of the molecule is C=CC1CCC(C(C(=O)OCC)C(=O)OCC)CC1. The summed E-state index contributed by atoms with van der Waals surface area (Å²) >= 11 is 0. The predicted octanol–water partition coefficient (Wildman–Crippen LogP) is 2.72. The number of carbonyl (C=O) groups is 2. The van der Waals surface area contributed by atoms with Crippen LogP contribution in [0, 0.1) is 17.8 Å². The van der Waals surface area contributed by atoms with Gasteiger partial charge >= 0.3 is 11.9 Å². The maximum Gasteiger partial charge on any atom is 0.320 e. The van der Waals surface area contributed by atoms with E-state index in [4.69, 9.17) is 9.47 Å². The Morgan fingerprint density at radius 1 is 1.11 bits per heavy atom. The zero-order valence-corrected chi connectivity index (χ0v) is 11.9. The van der Waals surface area contributed by atoms with E-state index in [0.29, 0.717) is 5.92 Å². The van der Waals surface area contributed by atoms with Gasteiger partial charge in [-0.05, 0) is 51.4 Å². The minimum atomic E-state index is -0.759. The highest BCUT2D eigenvalue weighted by molar-refractivity contribution is 5.95. The first-order chi connectivity index (χ1) is 9.13. The van der Waals surface area contributed by atoms with Crippen LogP contribution in [0.5, 0.6) is 0 Å². The maximum atomic E-state index is 12.0. The number of hydrogen-bond acceptors (Lipinski definition) is 4. The highest BCUT2D eigenvalue weighted by Gasteiger charge is 2.38. The Balaban J connectivity index is 2.70. The molecule has 0 spiro atoms. The van der Waals surface area contributed by atoms with E-state index in [-0.39, 0.29) is 19.1 Å². The largest absolute Gasteiger partial charge is 0.465 e. The zero-order valence-electron chi connectivity index (χ0n) is 11.9. The van der Waals surface area contributed by atoms with Crippen molar-refractivity contribution in [2.45, 2.75) is 39.5 Å². The lowest BCUT2D eigenvalue weighted by molar-refractivity contribution is -0.165. The molecule has 1 rings (SSSR count). The van der Waals surface area contributed by atoms with E-state index >= 15 is 0 Å². The van der Waals surface area contributed by atoms with Crippen molar-refractivity contribution in [2.75, 3.05) is 13.2 Å². The molecule has 0 amide bonds. The average molecular weight is 268 g/mol. The Morgan fingerprint density at radius 3 is 1.95 bits per heavy atom. The van der Waals surface area contributed by atoms with Gasteiger partial charge in [0.25, 0.3) is 0 Å². The molecule has 108 valence electrons. The molecule has 1 aliphatic carbocycles. The third kappa shape index (κ3) is 4.37. The second-order valence-electron chi connectivity index (χ2n) is 4.89. The van der Waals surface area contributed by atoms with E-state index in [2.05, 4.69) is 6.58 Å². The highest BCUT2D eigenvalue weighted by atomic mass is 16.6. The Labute approximate surface area is 115 Å². The van der Waals surface area contributed by atoms with Gasteiger partial charge in [-0.1, -0.05) is 6.08 Å². The quantitative estimate of drug-likeness (QED) is 0.422. The highest BCUT2D eigenvalue weighted by Crippen LogP contribution is 2.35. The van der Waals surface area contributed by atoms with Crippen molar-refractivity contribution in [3.8, 4) is 0 Å². The average Bonchev–Trinajstić information content (AvgIpc) is 2.40. The molecule has 4 heteroatoms. The van der Waals surface area contributed by atoms with Gasteiger partial charge < -0.3 is 9.47 Å². The van der Waals surface area contributed by atoms with Gasteiger partial charge in [0.1, 0.15) is 0 Å². The summed E-state index contributed by atoms with van der Waals surface area (Å²) in [5, 5.41) is 0. The molecule has 0 unspecified atom stereocenters. The third-order valence-corrected chi connectivity index (χ3v) is 3.70. The lowest BCUT2D eigenvalue weighted by atomic mass is 9.76. The fraction of sp³-hybridized carbons (Fsp3) is 0.733. The molecule has 0 bridgehead atoms. The number of rotatable bonds is 6. The van der Waals surface area contributed by atoms with E-state index in [9.17, 15) is 9.59 Å². The van der Waals surface area contributed by atoms with Gasteiger partial charge in [0, 0.05) is 0 Å². The summed E-state index contributed by atoms with van der Waals surface area (Å²) in [6.45, 7) is 7.87. The molecule has 0 atom stereocenters. The number of esters is 2. The summed E-state index contributed by atoms with van der Waals surface area (Å²) in [4.78, 5) is 23.9.